The lowest BCUT2D eigenvalue weighted by Gasteiger charge is -2.21. The van der Waals surface area contributed by atoms with Crippen molar-refractivity contribution in [1.29, 1.82) is 0 Å². The van der Waals surface area contributed by atoms with Crippen molar-refractivity contribution in [3.05, 3.63) is 27.3 Å². The molecule has 0 saturated carbocycles. The smallest absolute Gasteiger partial charge is 0.227 e. The largest absolute Gasteiger partial charge is 0.381 e. The van der Waals surface area contributed by atoms with E-state index in [-0.39, 0.29) is 11.8 Å². The van der Waals surface area contributed by atoms with E-state index in [0.29, 0.717) is 13.2 Å². The summed E-state index contributed by atoms with van der Waals surface area (Å²) in [6.45, 7) is 3.41. The Labute approximate surface area is 115 Å². The van der Waals surface area contributed by atoms with E-state index in [0.717, 1.165) is 24.1 Å². The van der Waals surface area contributed by atoms with Gasteiger partial charge >= 0.3 is 0 Å². The average Bonchev–Trinajstić information content (AvgIpc) is 2.34. The Hall–Kier alpha value is -0.620. The quantitative estimate of drug-likeness (QED) is 0.837. The van der Waals surface area contributed by atoms with E-state index in [1.54, 1.807) is 0 Å². The van der Waals surface area contributed by atoms with Crippen LogP contribution in [0, 0.1) is 16.4 Å². The molecule has 0 spiro atoms. The van der Waals surface area contributed by atoms with Gasteiger partial charge < -0.3 is 10.1 Å². The van der Waals surface area contributed by atoms with Gasteiger partial charge in [-0.25, -0.2) is 0 Å². The van der Waals surface area contributed by atoms with Gasteiger partial charge in [-0.2, -0.15) is 0 Å². The van der Waals surface area contributed by atoms with Gasteiger partial charge in [-0.1, -0.05) is 0 Å². The molecule has 4 heteroatoms. The van der Waals surface area contributed by atoms with E-state index < -0.39 is 0 Å². The lowest BCUT2D eigenvalue weighted by molar-refractivity contribution is -0.122. The van der Waals surface area contributed by atoms with Crippen LogP contribution in [-0.2, 0) is 9.53 Å². The molecule has 1 fully saturated rings. The fraction of sp³-hybridized carbons (Fsp3) is 0.462. The van der Waals surface area contributed by atoms with Gasteiger partial charge in [-0.3, -0.25) is 4.79 Å². The molecule has 0 bridgehead atoms. The maximum atomic E-state index is 12.0. The highest BCUT2D eigenvalue weighted by molar-refractivity contribution is 14.1. The number of amides is 1. The first kappa shape index (κ1) is 12.8. The zero-order valence-electron chi connectivity index (χ0n) is 9.83. The van der Waals surface area contributed by atoms with Crippen LogP contribution in [0.25, 0.3) is 0 Å². The summed E-state index contributed by atoms with van der Waals surface area (Å²) in [6.07, 6.45) is 1.66. The number of rotatable bonds is 2. The van der Waals surface area contributed by atoms with Crippen molar-refractivity contribution >= 4 is 34.2 Å². The van der Waals surface area contributed by atoms with Crippen LogP contribution in [0.15, 0.2) is 18.2 Å². The molecule has 17 heavy (non-hydrogen) atoms. The van der Waals surface area contributed by atoms with Gasteiger partial charge in [0.25, 0.3) is 0 Å². The second-order valence-corrected chi connectivity index (χ2v) is 5.58. The fourth-order valence-corrected chi connectivity index (χ4v) is 2.61. The highest BCUT2D eigenvalue weighted by Crippen LogP contribution is 2.21. The average molecular weight is 345 g/mol. The maximum Gasteiger partial charge on any atom is 0.227 e. The predicted octanol–water partition coefficient (Wildman–Crippen LogP) is 2.96. The summed E-state index contributed by atoms with van der Waals surface area (Å²) in [5.41, 5.74) is 2.03. The Morgan fingerprint density at radius 3 is 2.76 bits per heavy atom. The van der Waals surface area contributed by atoms with Gasteiger partial charge in [-0.05, 0) is 66.1 Å². The molecule has 92 valence electrons. The Morgan fingerprint density at radius 2 is 2.12 bits per heavy atom. The van der Waals surface area contributed by atoms with Crippen molar-refractivity contribution in [2.75, 3.05) is 18.5 Å². The van der Waals surface area contributed by atoms with Gasteiger partial charge in [0.1, 0.15) is 0 Å². The van der Waals surface area contributed by atoms with E-state index in [2.05, 4.69) is 34.0 Å². The van der Waals surface area contributed by atoms with Gasteiger partial charge in [-0.15, -0.1) is 0 Å². The molecular formula is C13H16INO2. The van der Waals surface area contributed by atoms with Crippen molar-refractivity contribution in [2.45, 2.75) is 19.8 Å². The number of hydrogen-bond donors (Lipinski definition) is 1. The second kappa shape index (κ2) is 5.82. The van der Waals surface area contributed by atoms with Crippen LogP contribution in [-0.4, -0.2) is 19.1 Å². The van der Waals surface area contributed by atoms with E-state index in [9.17, 15) is 4.79 Å². The molecule has 2 rings (SSSR count). The number of ether oxygens (including phenoxy) is 1. The number of halogens is 1. The van der Waals surface area contributed by atoms with E-state index in [4.69, 9.17) is 4.74 Å². The molecule has 1 aliphatic rings. The maximum absolute atomic E-state index is 12.0. The van der Waals surface area contributed by atoms with Crippen LogP contribution < -0.4 is 5.32 Å². The first-order valence-electron chi connectivity index (χ1n) is 5.81. The van der Waals surface area contributed by atoms with Crippen molar-refractivity contribution in [1.82, 2.24) is 0 Å². The van der Waals surface area contributed by atoms with Crippen LogP contribution in [0.1, 0.15) is 18.4 Å². The molecule has 1 amide bonds. The third kappa shape index (κ3) is 3.42. The van der Waals surface area contributed by atoms with Gasteiger partial charge in [0.05, 0.1) is 0 Å². The molecule has 0 atom stereocenters. The number of anilines is 1. The molecule has 1 aliphatic heterocycles. The Bertz CT molecular complexity index is 414. The van der Waals surface area contributed by atoms with Gasteiger partial charge in [0, 0.05) is 28.4 Å². The minimum Gasteiger partial charge on any atom is -0.381 e. The minimum absolute atomic E-state index is 0.0995. The molecule has 1 N–H and O–H groups in total. The van der Waals surface area contributed by atoms with Crippen molar-refractivity contribution in [3.8, 4) is 0 Å². The fourth-order valence-electron chi connectivity index (χ4n) is 1.96. The number of nitrogens with one attached hydrogen (secondary N) is 1. The summed E-state index contributed by atoms with van der Waals surface area (Å²) in [7, 11) is 0. The molecule has 1 aromatic carbocycles. The number of aryl methyl sites for hydroxylation is 1. The molecule has 0 radical (unpaired) electrons. The molecule has 1 saturated heterocycles. The van der Waals surface area contributed by atoms with Crippen LogP contribution >= 0.6 is 22.6 Å². The monoisotopic (exact) mass is 345 g/mol. The lowest BCUT2D eigenvalue weighted by atomic mass is 9.99. The Morgan fingerprint density at radius 1 is 1.41 bits per heavy atom. The van der Waals surface area contributed by atoms with Crippen molar-refractivity contribution < 1.29 is 9.53 Å². The van der Waals surface area contributed by atoms with Crippen molar-refractivity contribution in [2.24, 2.45) is 5.92 Å². The third-order valence-corrected chi connectivity index (χ3v) is 3.71. The molecule has 3 nitrogen and oxygen atoms in total. The number of benzene rings is 1. The third-order valence-electron chi connectivity index (χ3n) is 3.04. The van der Waals surface area contributed by atoms with Crippen molar-refractivity contribution in [3.63, 3.8) is 0 Å². The number of hydrogen-bond acceptors (Lipinski definition) is 2. The van der Waals surface area contributed by atoms with E-state index >= 15 is 0 Å². The highest BCUT2D eigenvalue weighted by atomic mass is 127. The van der Waals surface area contributed by atoms with Crippen LogP contribution in [0.2, 0.25) is 0 Å². The Kier molecular flexibility index (Phi) is 4.39. The number of carbonyl (C=O) groups is 1. The van der Waals surface area contributed by atoms with Crippen LogP contribution in [0.4, 0.5) is 5.69 Å². The molecule has 0 aliphatic carbocycles. The molecule has 1 aromatic rings. The summed E-state index contributed by atoms with van der Waals surface area (Å²) in [6, 6.07) is 6.04. The second-order valence-electron chi connectivity index (χ2n) is 4.34. The summed E-state index contributed by atoms with van der Waals surface area (Å²) < 4.78 is 6.44. The summed E-state index contributed by atoms with van der Waals surface area (Å²) in [5, 5.41) is 3.01. The minimum atomic E-state index is 0.0995. The summed E-state index contributed by atoms with van der Waals surface area (Å²) >= 11 is 2.27. The number of carbonyl (C=O) groups excluding carboxylic acids is 1. The molecule has 0 aromatic heterocycles. The topological polar surface area (TPSA) is 38.3 Å². The highest BCUT2D eigenvalue weighted by Gasteiger charge is 2.21. The molecule has 1 heterocycles. The molecule has 0 unspecified atom stereocenters. The lowest BCUT2D eigenvalue weighted by Crippen LogP contribution is -2.28. The first-order valence-corrected chi connectivity index (χ1v) is 6.89. The summed E-state index contributed by atoms with van der Waals surface area (Å²) in [5.74, 6) is 0.222. The zero-order chi connectivity index (χ0) is 12.3. The standard InChI is InChI=1S/C13H16INO2/c1-9-8-11(14)2-3-12(9)15-13(16)10-4-6-17-7-5-10/h2-3,8,10H,4-7H2,1H3,(H,15,16). The SMILES string of the molecule is Cc1cc(I)ccc1NC(=O)C1CCOCC1. The summed E-state index contributed by atoms with van der Waals surface area (Å²) in [4.78, 5) is 12.0. The normalized spacial score (nSPS) is 16.8. The van der Waals surface area contributed by atoms with Gasteiger partial charge in [0.2, 0.25) is 5.91 Å². The zero-order valence-corrected chi connectivity index (χ0v) is 12.0. The van der Waals surface area contributed by atoms with E-state index in [1.165, 1.54) is 3.57 Å². The predicted molar refractivity (Wildman–Crippen MR) is 76.1 cm³/mol. The van der Waals surface area contributed by atoms with Gasteiger partial charge in [0.15, 0.2) is 0 Å². The first-order chi connectivity index (χ1) is 8.16. The van der Waals surface area contributed by atoms with Crippen LogP contribution in [0.3, 0.4) is 0 Å². The molecular weight excluding hydrogens is 329 g/mol. The van der Waals surface area contributed by atoms with E-state index in [1.807, 2.05) is 19.1 Å². The Balaban J connectivity index is 2.02. The van der Waals surface area contributed by atoms with Crippen LogP contribution in [0.5, 0.6) is 0 Å².